The molecule has 3 aromatic rings. The molecule has 250 valence electrons. The van der Waals surface area contributed by atoms with Gasteiger partial charge in [-0.15, -0.1) is 0 Å². The van der Waals surface area contributed by atoms with Crippen LogP contribution in [0.1, 0.15) is 50.6 Å². The molecule has 9 nitrogen and oxygen atoms in total. The van der Waals surface area contributed by atoms with Crippen molar-refractivity contribution < 1.29 is 37.0 Å². The molecule has 0 saturated carbocycles. The first-order valence-corrected chi connectivity index (χ1v) is 15.4. The molecule has 0 N–H and O–H groups in total. The fourth-order valence-corrected chi connectivity index (χ4v) is 5.71. The Morgan fingerprint density at radius 2 is 1.64 bits per heavy atom. The fraction of sp³-hybridized carbons (Fsp3) is 0.400. The maximum absolute atomic E-state index is 14.2. The van der Waals surface area contributed by atoms with Crippen molar-refractivity contribution in [2.45, 2.75) is 32.5 Å². The number of hydrogen-bond donors (Lipinski definition) is 0. The van der Waals surface area contributed by atoms with E-state index in [9.17, 15) is 22.8 Å². The summed E-state index contributed by atoms with van der Waals surface area (Å²) in [6, 6.07) is 15.0. The van der Waals surface area contributed by atoms with E-state index in [0.717, 1.165) is 52.2 Å². The van der Waals surface area contributed by atoms with Crippen LogP contribution in [-0.2, 0) is 15.7 Å². The Kier molecular flexibility index (Phi) is 10.5. The van der Waals surface area contributed by atoms with Crippen molar-refractivity contribution >= 4 is 17.5 Å². The van der Waals surface area contributed by atoms with Gasteiger partial charge >= 0.3 is 6.18 Å². The number of alkyl halides is 3. The second-order valence-corrected chi connectivity index (χ2v) is 11.7. The SMILES string of the molecule is COc1ccc([C@@H]2CC(c3ccc(C)c(C)c3)=NN2C(=O)CN(CCN2CCOCC2)C(=O)c2ccc(C(F)(F)F)cc2)cc1OC. The highest BCUT2D eigenvalue weighted by atomic mass is 19.4. The Bertz CT molecular complexity index is 1620. The topological polar surface area (TPSA) is 83.9 Å². The van der Waals surface area contributed by atoms with E-state index in [0.29, 0.717) is 50.8 Å². The van der Waals surface area contributed by atoms with Gasteiger partial charge in [0.05, 0.1) is 44.8 Å². The van der Waals surface area contributed by atoms with E-state index in [1.807, 2.05) is 44.2 Å². The number of carbonyl (C=O) groups is 2. The Morgan fingerprint density at radius 3 is 2.28 bits per heavy atom. The summed E-state index contributed by atoms with van der Waals surface area (Å²) in [6.07, 6.45) is -4.11. The number of methoxy groups -OCH3 is 2. The first kappa shape index (κ1) is 33.9. The minimum Gasteiger partial charge on any atom is -0.493 e. The highest BCUT2D eigenvalue weighted by Gasteiger charge is 2.36. The van der Waals surface area contributed by atoms with E-state index >= 15 is 0 Å². The number of aryl methyl sites for hydroxylation is 2. The maximum Gasteiger partial charge on any atom is 0.416 e. The van der Waals surface area contributed by atoms with Gasteiger partial charge in [-0.2, -0.15) is 18.3 Å². The summed E-state index contributed by atoms with van der Waals surface area (Å²) >= 11 is 0. The van der Waals surface area contributed by atoms with E-state index in [1.54, 1.807) is 13.2 Å². The summed E-state index contributed by atoms with van der Waals surface area (Å²) in [7, 11) is 3.08. The molecular formula is C35H39F3N4O5. The molecule has 2 amide bonds. The predicted molar refractivity (Wildman–Crippen MR) is 171 cm³/mol. The van der Waals surface area contributed by atoms with Crippen LogP contribution >= 0.6 is 0 Å². The summed E-state index contributed by atoms with van der Waals surface area (Å²) in [5, 5.41) is 6.21. The van der Waals surface area contributed by atoms with E-state index < -0.39 is 29.6 Å². The lowest BCUT2D eigenvalue weighted by atomic mass is 9.96. The lowest BCUT2D eigenvalue weighted by Crippen LogP contribution is -2.46. The van der Waals surface area contributed by atoms with Crippen LogP contribution in [0.15, 0.2) is 65.8 Å². The fourth-order valence-electron chi connectivity index (χ4n) is 5.71. The quantitative estimate of drug-likeness (QED) is 0.288. The molecule has 47 heavy (non-hydrogen) atoms. The smallest absolute Gasteiger partial charge is 0.416 e. The van der Waals surface area contributed by atoms with Crippen molar-refractivity contribution in [3.63, 3.8) is 0 Å². The number of ether oxygens (including phenoxy) is 3. The molecule has 0 unspecified atom stereocenters. The van der Waals surface area contributed by atoms with Crippen LogP contribution < -0.4 is 9.47 Å². The summed E-state index contributed by atoms with van der Waals surface area (Å²) in [4.78, 5) is 31.4. The summed E-state index contributed by atoms with van der Waals surface area (Å²) < 4.78 is 56.1. The van der Waals surface area contributed by atoms with Gasteiger partial charge in [0.15, 0.2) is 11.5 Å². The van der Waals surface area contributed by atoms with Gasteiger partial charge in [-0.1, -0.05) is 18.2 Å². The van der Waals surface area contributed by atoms with Crippen molar-refractivity contribution in [1.82, 2.24) is 14.8 Å². The average molecular weight is 653 g/mol. The first-order valence-electron chi connectivity index (χ1n) is 15.4. The number of morpholine rings is 1. The number of rotatable bonds is 10. The van der Waals surface area contributed by atoms with Crippen molar-refractivity contribution in [1.29, 1.82) is 0 Å². The van der Waals surface area contributed by atoms with Gasteiger partial charge < -0.3 is 19.1 Å². The highest BCUT2D eigenvalue weighted by Crippen LogP contribution is 2.38. The normalized spacial score (nSPS) is 17.0. The molecule has 5 rings (SSSR count). The van der Waals surface area contributed by atoms with Crippen LogP contribution in [0.2, 0.25) is 0 Å². The number of amides is 2. The summed E-state index contributed by atoms with van der Waals surface area (Å²) in [6.45, 7) is 6.84. The second-order valence-electron chi connectivity index (χ2n) is 11.7. The van der Waals surface area contributed by atoms with Crippen LogP contribution in [0.4, 0.5) is 13.2 Å². The number of hydrazone groups is 1. The molecule has 1 atom stereocenters. The van der Waals surface area contributed by atoms with Crippen LogP contribution in [0.5, 0.6) is 11.5 Å². The van der Waals surface area contributed by atoms with Crippen molar-refractivity contribution in [3.8, 4) is 11.5 Å². The third-order valence-corrected chi connectivity index (χ3v) is 8.66. The summed E-state index contributed by atoms with van der Waals surface area (Å²) in [5.41, 5.74) is 3.81. The molecule has 0 bridgehead atoms. The predicted octanol–water partition coefficient (Wildman–Crippen LogP) is 5.49. The van der Waals surface area contributed by atoms with E-state index in [1.165, 1.54) is 17.0 Å². The third-order valence-electron chi connectivity index (χ3n) is 8.66. The van der Waals surface area contributed by atoms with Crippen molar-refractivity contribution in [3.05, 3.63) is 94.0 Å². The van der Waals surface area contributed by atoms with Gasteiger partial charge in [-0.25, -0.2) is 5.01 Å². The minimum absolute atomic E-state index is 0.0601. The Labute approximate surface area is 272 Å². The number of hydrogen-bond acceptors (Lipinski definition) is 7. The monoisotopic (exact) mass is 652 g/mol. The van der Waals surface area contributed by atoms with E-state index in [2.05, 4.69) is 4.90 Å². The van der Waals surface area contributed by atoms with Gasteiger partial charge in [-0.05, 0) is 78.6 Å². The lowest BCUT2D eigenvalue weighted by molar-refractivity contribution is -0.137. The molecule has 1 fully saturated rings. The van der Waals surface area contributed by atoms with Crippen molar-refractivity contribution in [2.75, 3.05) is 60.2 Å². The number of halogens is 3. The van der Waals surface area contributed by atoms with Gasteiger partial charge in [-0.3, -0.25) is 14.5 Å². The third kappa shape index (κ3) is 7.94. The molecule has 0 spiro atoms. The molecule has 0 aliphatic carbocycles. The van der Waals surface area contributed by atoms with Gasteiger partial charge in [0.2, 0.25) is 0 Å². The largest absolute Gasteiger partial charge is 0.493 e. The molecule has 0 aromatic heterocycles. The average Bonchev–Trinajstić information content (AvgIpc) is 3.53. The van der Waals surface area contributed by atoms with Gasteiger partial charge in [0.1, 0.15) is 6.54 Å². The Hall–Kier alpha value is -4.42. The Morgan fingerprint density at radius 1 is 0.936 bits per heavy atom. The lowest BCUT2D eigenvalue weighted by Gasteiger charge is -2.31. The molecule has 2 aliphatic rings. The highest BCUT2D eigenvalue weighted by molar-refractivity contribution is 6.04. The molecule has 1 saturated heterocycles. The maximum atomic E-state index is 14.2. The zero-order chi connectivity index (χ0) is 33.7. The van der Waals surface area contributed by atoms with E-state index in [-0.39, 0.29) is 18.7 Å². The molecule has 3 aromatic carbocycles. The zero-order valence-electron chi connectivity index (χ0n) is 27.0. The van der Waals surface area contributed by atoms with Crippen LogP contribution in [0.25, 0.3) is 0 Å². The molecule has 2 aliphatic heterocycles. The van der Waals surface area contributed by atoms with Crippen LogP contribution in [-0.4, -0.2) is 92.5 Å². The first-order chi connectivity index (χ1) is 22.5. The van der Waals surface area contributed by atoms with Gasteiger partial charge in [0, 0.05) is 38.2 Å². The second kappa shape index (κ2) is 14.6. The Balaban J connectivity index is 1.46. The standard InChI is InChI=1S/C35H39F3N4O5/c1-23-5-6-26(19-24(23)2)29-21-30(27-9-12-31(45-3)32(20-27)46-4)42(39-29)33(43)22-41(14-13-40-15-17-47-18-16-40)34(44)25-7-10-28(11-8-25)35(36,37)38/h5-12,19-20,30H,13-18,21-22H2,1-4H3/t30-/m0/s1. The molecule has 2 heterocycles. The van der Waals surface area contributed by atoms with Crippen LogP contribution in [0.3, 0.4) is 0 Å². The summed E-state index contributed by atoms with van der Waals surface area (Å²) in [5.74, 6) is 0.0758. The van der Waals surface area contributed by atoms with E-state index in [4.69, 9.17) is 19.3 Å². The minimum atomic E-state index is -4.53. The molecular weight excluding hydrogens is 613 g/mol. The zero-order valence-corrected chi connectivity index (χ0v) is 27.0. The number of benzene rings is 3. The van der Waals surface area contributed by atoms with Gasteiger partial charge in [0.25, 0.3) is 11.8 Å². The van der Waals surface area contributed by atoms with Crippen LogP contribution in [0, 0.1) is 13.8 Å². The number of nitrogens with zero attached hydrogens (tertiary/aromatic N) is 4. The molecule has 0 radical (unpaired) electrons. The van der Waals surface area contributed by atoms with Crippen molar-refractivity contribution in [2.24, 2.45) is 5.10 Å². The number of carbonyl (C=O) groups excluding carboxylic acids is 2. The molecule has 12 heteroatoms.